The number of amides is 2. The van der Waals surface area contributed by atoms with Gasteiger partial charge in [-0.25, -0.2) is 9.97 Å². The second kappa shape index (κ2) is 8.27. The second-order valence-electron chi connectivity index (χ2n) is 7.00. The van der Waals surface area contributed by atoms with Crippen molar-refractivity contribution in [3.05, 3.63) is 39.7 Å². The van der Waals surface area contributed by atoms with Crippen LogP contribution in [0.25, 0.3) is 10.2 Å². The van der Waals surface area contributed by atoms with Gasteiger partial charge in [0.15, 0.2) is 11.5 Å². The largest absolute Gasteiger partial charge is 0.493 e. The molecule has 0 atom stereocenters. The van der Waals surface area contributed by atoms with Gasteiger partial charge in [-0.3, -0.25) is 9.59 Å². The predicted octanol–water partition coefficient (Wildman–Crippen LogP) is 3.59. The molecule has 0 spiro atoms. The zero-order valence-corrected chi connectivity index (χ0v) is 18.9. The molecule has 30 heavy (non-hydrogen) atoms. The van der Waals surface area contributed by atoms with Crippen LogP contribution in [0.1, 0.15) is 37.1 Å². The van der Waals surface area contributed by atoms with Gasteiger partial charge < -0.3 is 19.7 Å². The van der Waals surface area contributed by atoms with Gasteiger partial charge in [-0.05, 0) is 32.4 Å². The number of carbonyl (C=O) groups excluding carboxylic acids is 2. The van der Waals surface area contributed by atoms with Crippen LogP contribution in [0.5, 0.6) is 11.5 Å². The number of hydrogen-bond acceptors (Lipinski definition) is 7. The first-order chi connectivity index (χ1) is 14.2. The molecule has 0 saturated carbocycles. The summed E-state index contributed by atoms with van der Waals surface area (Å²) in [5.41, 5.74) is 2.29. The fourth-order valence-electron chi connectivity index (χ4n) is 3.27. The van der Waals surface area contributed by atoms with Gasteiger partial charge in [0.1, 0.15) is 10.7 Å². The quantitative estimate of drug-likeness (QED) is 0.668. The van der Waals surface area contributed by atoms with E-state index in [1.807, 2.05) is 20.8 Å². The minimum atomic E-state index is -0.326. The summed E-state index contributed by atoms with van der Waals surface area (Å²) in [6.07, 6.45) is 0. The highest BCUT2D eigenvalue weighted by atomic mass is 32.1. The molecule has 0 radical (unpaired) electrons. The molecule has 0 unspecified atom stereocenters. The lowest BCUT2D eigenvalue weighted by atomic mass is 10.1. The Kier molecular flexibility index (Phi) is 5.93. The second-order valence-corrected chi connectivity index (χ2v) is 8.00. The summed E-state index contributed by atoms with van der Waals surface area (Å²) >= 11 is 1.30. The number of fused-ring (bicyclic) bond motifs is 1. The monoisotopic (exact) mass is 428 g/mol. The van der Waals surface area contributed by atoms with E-state index >= 15 is 0 Å². The third kappa shape index (κ3) is 3.80. The molecule has 0 aliphatic rings. The lowest BCUT2D eigenvalue weighted by molar-refractivity contribution is 0.0828. The number of aryl methyl sites for hydroxylation is 3. The molecule has 1 aromatic carbocycles. The normalized spacial score (nSPS) is 10.8. The molecule has 2 aromatic heterocycles. The van der Waals surface area contributed by atoms with E-state index in [1.165, 1.54) is 30.5 Å². The maximum absolute atomic E-state index is 13.2. The van der Waals surface area contributed by atoms with E-state index in [1.54, 1.807) is 26.2 Å². The van der Waals surface area contributed by atoms with Crippen molar-refractivity contribution in [2.24, 2.45) is 0 Å². The Balaban J connectivity index is 2.08. The summed E-state index contributed by atoms with van der Waals surface area (Å²) < 4.78 is 10.7. The summed E-state index contributed by atoms with van der Waals surface area (Å²) in [6.45, 7) is 5.60. The van der Waals surface area contributed by atoms with E-state index in [0.29, 0.717) is 33.5 Å². The number of anilines is 1. The van der Waals surface area contributed by atoms with E-state index in [4.69, 9.17) is 9.47 Å². The average Bonchev–Trinajstić information content (AvgIpc) is 3.03. The molecular weight excluding hydrogens is 404 g/mol. The van der Waals surface area contributed by atoms with Gasteiger partial charge in [-0.15, -0.1) is 11.3 Å². The third-order valence-electron chi connectivity index (χ3n) is 4.70. The van der Waals surface area contributed by atoms with E-state index in [9.17, 15) is 9.59 Å². The fourth-order valence-corrected chi connectivity index (χ4v) is 4.44. The number of ether oxygens (including phenoxy) is 2. The molecule has 0 saturated heterocycles. The summed E-state index contributed by atoms with van der Waals surface area (Å²) in [7, 11) is 6.28. The minimum absolute atomic E-state index is 0.267. The molecule has 9 heteroatoms. The Morgan fingerprint density at radius 1 is 1.03 bits per heavy atom. The van der Waals surface area contributed by atoms with Crippen LogP contribution in [-0.2, 0) is 0 Å². The van der Waals surface area contributed by atoms with Gasteiger partial charge >= 0.3 is 0 Å². The molecule has 2 amide bonds. The number of nitrogens with zero attached hydrogens (tertiary/aromatic N) is 3. The Labute approximate surface area is 178 Å². The molecule has 3 rings (SSSR count). The number of thiophene rings is 1. The van der Waals surface area contributed by atoms with Gasteiger partial charge in [0, 0.05) is 31.2 Å². The molecule has 2 heterocycles. The van der Waals surface area contributed by atoms with Gasteiger partial charge in [0.25, 0.3) is 11.8 Å². The van der Waals surface area contributed by atoms with E-state index in [2.05, 4.69) is 15.3 Å². The van der Waals surface area contributed by atoms with Crippen LogP contribution in [0, 0.1) is 20.8 Å². The number of rotatable bonds is 5. The molecule has 1 N–H and O–H groups in total. The van der Waals surface area contributed by atoms with Crippen molar-refractivity contribution in [1.29, 1.82) is 0 Å². The highest BCUT2D eigenvalue weighted by Crippen LogP contribution is 2.36. The topological polar surface area (TPSA) is 93.7 Å². The first-order valence-electron chi connectivity index (χ1n) is 9.21. The zero-order valence-electron chi connectivity index (χ0n) is 18.0. The van der Waals surface area contributed by atoms with Crippen LogP contribution in [0.2, 0.25) is 0 Å². The smallest absolute Gasteiger partial charge is 0.266 e. The highest BCUT2D eigenvalue weighted by molar-refractivity contribution is 7.20. The number of carbonyl (C=O) groups is 2. The first-order valence-corrected chi connectivity index (χ1v) is 10.0. The van der Waals surface area contributed by atoms with Crippen molar-refractivity contribution >= 4 is 39.1 Å². The molecule has 0 fully saturated rings. The van der Waals surface area contributed by atoms with Gasteiger partial charge in [-0.1, -0.05) is 0 Å². The van der Waals surface area contributed by atoms with E-state index in [-0.39, 0.29) is 11.8 Å². The van der Waals surface area contributed by atoms with E-state index in [0.717, 1.165) is 21.5 Å². The highest BCUT2D eigenvalue weighted by Gasteiger charge is 2.23. The summed E-state index contributed by atoms with van der Waals surface area (Å²) in [5.74, 6) is 0.879. The maximum atomic E-state index is 13.2. The standard InChI is InChI=1S/C21H24N4O4S/c1-10-17-11(2)22-12(3)23-20(17)30-18(10)19(26)24-14-9-16(29-7)15(28-6)8-13(14)21(27)25(4)5/h8-9H,1-7H3,(H,24,26). The summed E-state index contributed by atoms with van der Waals surface area (Å²) in [6, 6.07) is 3.15. The number of methoxy groups -OCH3 is 2. The molecule has 3 aromatic rings. The Morgan fingerprint density at radius 3 is 2.27 bits per heavy atom. The third-order valence-corrected chi connectivity index (χ3v) is 5.88. The van der Waals surface area contributed by atoms with Crippen LogP contribution >= 0.6 is 11.3 Å². The molecule has 0 bridgehead atoms. The summed E-state index contributed by atoms with van der Waals surface area (Å²) in [5, 5.41) is 3.75. The Hall–Kier alpha value is -3.20. The van der Waals surface area contributed by atoms with Crippen LogP contribution in [-0.4, -0.2) is 55.0 Å². The van der Waals surface area contributed by atoms with Crippen molar-refractivity contribution in [3.8, 4) is 11.5 Å². The van der Waals surface area contributed by atoms with Crippen molar-refractivity contribution in [3.63, 3.8) is 0 Å². The van der Waals surface area contributed by atoms with Crippen LogP contribution < -0.4 is 14.8 Å². The van der Waals surface area contributed by atoms with Crippen molar-refractivity contribution in [2.45, 2.75) is 20.8 Å². The lowest BCUT2D eigenvalue weighted by Gasteiger charge is -2.17. The van der Waals surface area contributed by atoms with Crippen LogP contribution in [0.15, 0.2) is 12.1 Å². The number of aromatic nitrogens is 2. The SMILES string of the molecule is COc1cc(NC(=O)c2sc3nc(C)nc(C)c3c2C)c(C(=O)N(C)C)cc1OC. The van der Waals surface area contributed by atoms with Crippen molar-refractivity contribution < 1.29 is 19.1 Å². The first kappa shape index (κ1) is 21.5. The predicted molar refractivity (Wildman–Crippen MR) is 117 cm³/mol. The maximum Gasteiger partial charge on any atom is 0.266 e. The molecule has 158 valence electrons. The molecular formula is C21H24N4O4S. The average molecular weight is 429 g/mol. The lowest BCUT2D eigenvalue weighted by Crippen LogP contribution is -2.24. The van der Waals surface area contributed by atoms with Crippen molar-refractivity contribution in [1.82, 2.24) is 14.9 Å². The Morgan fingerprint density at radius 2 is 1.67 bits per heavy atom. The molecule has 0 aliphatic heterocycles. The van der Waals surface area contributed by atoms with Crippen molar-refractivity contribution in [2.75, 3.05) is 33.6 Å². The summed E-state index contributed by atoms with van der Waals surface area (Å²) in [4.78, 5) is 37.4. The van der Waals surface area contributed by atoms with Gasteiger partial charge in [0.2, 0.25) is 0 Å². The Bertz CT molecular complexity index is 1150. The fraction of sp³-hybridized carbons (Fsp3) is 0.333. The number of nitrogens with one attached hydrogen (secondary N) is 1. The van der Waals surface area contributed by atoms with Gasteiger partial charge in [-0.2, -0.15) is 0 Å². The number of hydrogen-bond donors (Lipinski definition) is 1. The van der Waals surface area contributed by atoms with Crippen LogP contribution in [0.4, 0.5) is 5.69 Å². The van der Waals surface area contributed by atoms with E-state index < -0.39 is 0 Å². The van der Waals surface area contributed by atoms with Crippen LogP contribution in [0.3, 0.4) is 0 Å². The molecule has 8 nitrogen and oxygen atoms in total. The minimum Gasteiger partial charge on any atom is -0.493 e. The van der Waals surface area contributed by atoms with Gasteiger partial charge in [0.05, 0.1) is 30.3 Å². The molecule has 0 aliphatic carbocycles. The zero-order chi connectivity index (χ0) is 22.2. The number of benzene rings is 1.